The van der Waals surface area contributed by atoms with Gasteiger partial charge in [0.25, 0.3) is 0 Å². The molecule has 31 heavy (non-hydrogen) atoms. The number of nitrogens with one attached hydrogen (secondary N) is 1. The van der Waals surface area contributed by atoms with Gasteiger partial charge in [-0.25, -0.2) is 17.6 Å². The number of hydrogen-bond acceptors (Lipinski definition) is 5. The molecule has 0 aromatic heterocycles. The van der Waals surface area contributed by atoms with Crippen molar-refractivity contribution in [2.75, 3.05) is 31.2 Å². The van der Waals surface area contributed by atoms with Gasteiger partial charge in [0.15, 0.2) is 21.4 Å². The summed E-state index contributed by atoms with van der Waals surface area (Å²) in [4.78, 5) is 24.0. The highest BCUT2D eigenvalue weighted by Crippen LogP contribution is 2.31. The Labute approximate surface area is 182 Å². The lowest BCUT2D eigenvalue weighted by Crippen LogP contribution is -2.29. The van der Waals surface area contributed by atoms with Crippen molar-refractivity contribution >= 4 is 21.8 Å². The van der Waals surface area contributed by atoms with Crippen LogP contribution in [0.3, 0.4) is 0 Å². The maximum Gasteiger partial charge on any atom is 0.324 e. The zero-order valence-corrected chi connectivity index (χ0v) is 18.3. The number of carbonyl (C=O) groups is 2. The minimum absolute atomic E-state index is 0.0225. The molecule has 3 amide bonds. The van der Waals surface area contributed by atoms with Gasteiger partial charge in [0.05, 0.1) is 18.1 Å². The number of rotatable bonds is 13. The minimum Gasteiger partial charge on any atom is -0.490 e. The highest BCUT2D eigenvalue weighted by molar-refractivity contribution is 7.91. The van der Waals surface area contributed by atoms with Gasteiger partial charge in [-0.3, -0.25) is 10.1 Å². The highest BCUT2D eigenvalue weighted by Gasteiger charge is 2.26. The lowest BCUT2D eigenvalue weighted by molar-refractivity contribution is -0.118. The number of hydrogen-bond donors (Lipinski definition) is 1. The van der Waals surface area contributed by atoms with E-state index in [4.69, 9.17) is 4.74 Å². The van der Waals surface area contributed by atoms with Crippen LogP contribution in [0.1, 0.15) is 43.6 Å². The van der Waals surface area contributed by atoms with Gasteiger partial charge < -0.3 is 9.64 Å². The smallest absolute Gasteiger partial charge is 0.324 e. The van der Waals surface area contributed by atoms with Gasteiger partial charge in [-0.1, -0.05) is 18.6 Å². The van der Waals surface area contributed by atoms with Crippen molar-refractivity contribution in [1.29, 1.82) is 0 Å². The highest BCUT2D eigenvalue weighted by atomic mass is 32.2. The Morgan fingerprint density at radius 2 is 2.03 bits per heavy atom. The van der Waals surface area contributed by atoms with E-state index < -0.39 is 27.6 Å². The second kappa shape index (κ2) is 10.3. The number of unbranched alkanes of at least 4 members (excludes halogenated alkanes) is 2. The predicted molar refractivity (Wildman–Crippen MR) is 115 cm³/mol. The third-order valence-electron chi connectivity index (χ3n) is 5.52. The van der Waals surface area contributed by atoms with Crippen LogP contribution in [-0.4, -0.2) is 56.5 Å². The summed E-state index contributed by atoms with van der Waals surface area (Å²) in [6, 6.07) is 4.05. The molecule has 1 heterocycles. The molecule has 0 spiro atoms. The van der Waals surface area contributed by atoms with Gasteiger partial charge >= 0.3 is 6.03 Å². The van der Waals surface area contributed by atoms with E-state index in [0.29, 0.717) is 43.9 Å². The van der Waals surface area contributed by atoms with Gasteiger partial charge in [0, 0.05) is 12.5 Å². The second-order valence-electron chi connectivity index (χ2n) is 8.24. The molecule has 1 saturated carbocycles. The molecule has 9 heteroatoms. The summed E-state index contributed by atoms with van der Waals surface area (Å²) >= 11 is 0. The van der Waals surface area contributed by atoms with Crippen molar-refractivity contribution < 1.29 is 27.1 Å². The molecule has 0 radical (unpaired) electrons. The van der Waals surface area contributed by atoms with Crippen molar-refractivity contribution in [2.45, 2.75) is 38.0 Å². The predicted octanol–water partition coefficient (Wildman–Crippen LogP) is 3.02. The Hall–Kier alpha value is -2.42. The third-order valence-corrected chi connectivity index (χ3v) is 7.30. The monoisotopic (exact) mass is 452 g/mol. The molecule has 2 fully saturated rings. The Balaban J connectivity index is 1.47. The number of amides is 3. The Bertz CT molecular complexity index is 930. The maximum absolute atomic E-state index is 14.0. The Kier molecular flexibility index (Phi) is 7.69. The third kappa shape index (κ3) is 7.05. The molecule has 0 unspecified atom stereocenters. The molecule has 1 aliphatic heterocycles. The fourth-order valence-corrected chi connectivity index (χ4v) is 5.16. The number of urea groups is 1. The number of carbonyl (C=O) groups excluding carboxylic acids is 2. The van der Waals surface area contributed by atoms with Crippen molar-refractivity contribution in [2.24, 2.45) is 5.92 Å². The summed E-state index contributed by atoms with van der Waals surface area (Å²) in [6.45, 7) is 4.71. The van der Waals surface area contributed by atoms with Gasteiger partial charge in [0.1, 0.15) is 6.54 Å². The van der Waals surface area contributed by atoms with Gasteiger partial charge in [-0.2, -0.15) is 0 Å². The van der Waals surface area contributed by atoms with Crippen LogP contribution in [0.2, 0.25) is 0 Å². The van der Waals surface area contributed by atoms with Gasteiger partial charge in [0.2, 0.25) is 5.91 Å². The first-order chi connectivity index (χ1) is 14.8. The summed E-state index contributed by atoms with van der Waals surface area (Å²) < 4.78 is 44.8. The molecule has 3 rings (SSSR count). The SMILES string of the molecule is C=C[C@@H](CS(=O)(=O)CCCCCN1CC(=O)NC1=O)c1ccc(F)c(OCC2CC2)c1. The molecule has 1 N–H and O–H groups in total. The van der Waals surface area contributed by atoms with E-state index in [0.717, 1.165) is 12.8 Å². The number of halogens is 1. The summed E-state index contributed by atoms with van der Waals surface area (Å²) in [5.41, 5.74) is 0.662. The first-order valence-corrected chi connectivity index (χ1v) is 12.4. The second-order valence-corrected chi connectivity index (χ2v) is 10.5. The molecule has 170 valence electrons. The van der Waals surface area contributed by atoms with Crippen LogP contribution in [0.25, 0.3) is 0 Å². The van der Waals surface area contributed by atoms with E-state index in [-0.39, 0.29) is 29.7 Å². The van der Waals surface area contributed by atoms with Crippen molar-refractivity contribution in [3.63, 3.8) is 0 Å². The van der Waals surface area contributed by atoms with E-state index in [2.05, 4.69) is 11.9 Å². The van der Waals surface area contributed by atoms with Gasteiger partial charge in [-0.15, -0.1) is 6.58 Å². The van der Waals surface area contributed by atoms with Gasteiger partial charge in [-0.05, 0) is 49.3 Å². The van der Waals surface area contributed by atoms with Crippen LogP contribution in [0.4, 0.5) is 9.18 Å². The first kappa shape index (κ1) is 23.2. The zero-order chi connectivity index (χ0) is 22.4. The average Bonchev–Trinajstić information content (AvgIpc) is 3.49. The molecule has 1 saturated heterocycles. The number of allylic oxidation sites excluding steroid dienone is 1. The van der Waals surface area contributed by atoms with Crippen LogP contribution in [0.15, 0.2) is 30.9 Å². The first-order valence-electron chi connectivity index (χ1n) is 10.6. The van der Waals surface area contributed by atoms with E-state index in [1.165, 1.54) is 11.0 Å². The maximum atomic E-state index is 14.0. The number of nitrogens with zero attached hydrogens (tertiary/aromatic N) is 1. The quantitative estimate of drug-likeness (QED) is 0.282. The normalized spacial score (nSPS) is 17.5. The summed E-state index contributed by atoms with van der Waals surface area (Å²) in [5, 5.41) is 2.21. The van der Waals surface area contributed by atoms with E-state index in [9.17, 15) is 22.4 Å². The molecule has 2 aliphatic rings. The molecule has 1 aliphatic carbocycles. The average molecular weight is 453 g/mol. The van der Waals surface area contributed by atoms with E-state index in [1.54, 1.807) is 18.2 Å². The Morgan fingerprint density at radius 3 is 2.68 bits per heavy atom. The Morgan fingerprint density at radius 1 is 1.26 bits per heavy atom. The number of imide groups is 1. The molecular weight excluding hydrogens is 423 g/mol. The molecule has 1 aromatic carbocycles. The molecular formula is C22H29FN2O5S. The molecule has 0 bridgehead atoms. The van der Waals surface area contributed by atoms with Crippen LogP contribution < -0.4 is 10.1 Å². The standard InChI is InChI=1S/C22H29FN2O5S/c1-2-17(18-8-9-19(23)20(12-18)30-14-16-6-7-16)15-31(28,29)11-5-3-4-10-25-13-21(26)24-22(25)27/h2,8-9,12,16-17H,1,3-7,10-11,13-15H2,(H,24,26,27)/t17-/m0/s1. The molecule has 1 atom stereocenters. The fourth-order valence-electron chi connectivity index (χ4n) is 3.48. The largest absolute Gasteiger partial charge is 0.490 e. The number of sulfone groups is 1. The molecule has 1 aromatic rings. The van der Waals surface area contributed by atoms with Crippen LogP contribution in [0, 0.1) is 11.7 Å². The van der Waals surface area contributed by atoms with Crippen molar-refractivity contribution in [1.82, 2.24) is 10.2 Å². The van der Waals surface area contributed by atoms with E-state index in [1.807, 2.05) is 0 Å². The van der Waals surface area contributed by atoms with Crippen molar-refractivity contribution in [3.8, 4) is 5.75 Å². The van der Waals surface area contributed by atoms with Crippen LogP contribution >= 0.6 is 0 Å². The van der Waals surface area contributed by atoms with Crippen LogP contribution in [0.5, 0.6) is 5.75 Å². The fraction of sp³-hybridized carbons (Fsp3) is 0.545. The summed E-state index contributed by atoms with van der Waals surface area (Å²) in [5.74, 6) is -0.666. The lowest BCUT2D eigenvalue weighted by atomic mass is 10.0. The number of benzene rings is 1. The van der Waals surface area contributed by atoms with Crippen molar-refractivity contribution in [3.05, 3.63) is 42.2 Å². The topological polar surface area (TPSA) is 92.8 Å². The van der Waals surface area contributed by atoms with E-state index >= 15 is 0 Å². The minimum atomic E-state index is -3.35. The summed E-state index contributed by atoms with van der Waals surface area (Å²) in [6.07, 6.45) is 5.48. The summed E-state index contributed by atoms with van der Waals surface area (Å²) in [7, 11) is -3.35. The van der Waals surface area contributed by atoms with Crippen LogP contribution in [-0.2, 0) is 14.6 Å². The lowest BCUT2D eigenvalue weighted by Gasteiger charge is -2.16. The molecule has 7 nitrogen and oxygen atoms in total. The number of ether oxygens (including phenoxy) is 1. The zero-order valence-electron chi connectivity index (χ0n) is 17.5.